The number of nitrogen functional groups attached to an aromatic ring is 1. The lowest BCUT2D eigenvalue weighted by atomic mass is 10.1. The summed E-state index contributed by atoms with van der Waals surface area (Å²) in [5.74, 6) is 0. The molecule has 0 saturated heterocycles. The van der Waals surface area contributed by atoms with Gasteiger partial charge in [0.15, 0.2) is 9.84 Å². The molecule has 1 fully saturated rings. The number of sulfone groups is 1. The molecule has 3 rings (SSSR count). The molecular formula is C14H17N3O2S. The lowest BCUT2D eigenvalue weighted by Gasteiger charge is -2.08. The average Bonchev–Trinajstić information content (AvgIpc) is 3.13. The first-order valence-corrected chi connectivity index (χ1v) is 8.41. The molecule has 1 saturated carbocycles. The molecule has 1 aliphatic carbocycles. The fourth-order valence-corrected chi connectivity index (χ4v) is 3.25. The summed E-state index contributed by atoms with van der Waals surface area (Å²) in [5.41, 5.74) is 8.90. The second-order valence-electron chi connectivity index (χ2n) is 5.34. The van der Waals surface area contributed by atoms with Gasteiger partial charge in [0, 0.05) is 17.5 Å². The third kappa shape index (κ3) is 2.20. The molecule has 6 heteroatoms. The Balaban J connectivity index is 2.11. The summed E-state index contributed by atoms with van der Waals surface area (Å²) in [6.07, 6.45) is 5.30. The van der Waals surface area contributed by atoms with Crippen LogP contribution in [-0.4, -0.2) is 24.5 Å². The van der Waals surface area contributed by atoms with Gasteiger partial charge in [-0.25, -0.2) is 8.42 Å². The molecule has 2 aromatic rings. The van der Waals surface area contributed by atoms with Gasteiger partial charge in [0.2, 0.25) is 0 Å². The van der Waals surface area contributed by atoms with Gasteiger partial charge in [-0.15, -0.1) is 0 Å². The Hall–Kier alpha value is -1.82. The highest BCUT2D eigenvalue weighted by molar-refractivity contribution is 7.90. The van der Waals surface area contributed by atoms with Crippen LogP contribution in [0.4, 0.5) is 5.69 Å². The topological polar surface area (TPSA) is 78.0 Å². The molecule has 0 atom stereocenters. The maximum Gasteiger partial charge on any atom is 0.177 e. The van der Waals surface area contributed by atoms with E-state index < -0.39 is 9.84 Å². The fraction of sp³-hybridized carbons (Fsp3) is 0.357. The van der Waals surface area contributed by atoms with Gasteiger partial charge < -0.3 is 5.73 Å². The molecule has 1 aliphatic rings. The van der Waals surface area contributed by atoms with Crippen molar-refractivity contribution in [2.24, 2.45) is 0 Å². The number of hydrogen-bond donors (Lipinski definition) is 1. The van der Waals surface area contributed by atoms with E-state index >= 15 is 0 Å². The Morgan fingerprint density at radius 1 is 1.35 bits per heavy atom. The van der Waals surface area contributed by atoms with Crippen molar-refractivity contribution in [3.8, 4) is 11.1 Å². The van der Waals surface area contributed by atoms with Crippen molar-refractivity contribution in [2.75, 3.05) is 12.0 Å². The van der Waals surface area contributed by atoms with E-state index in [-0.39, 0.29) is 10.6 Å². The van der Waals surface area contributed by atoms with E-state index in [0.717, 1.165) is 29.7 Å². The summed E-state index contributed by atoms with van der Waals surface area (Å²) in [5, 5.41) is 4.40. The summed E-state index contributed by atoms with van der Waals surface area (Å²) in [4.78, 5) is 0.175. The van der Waals surface area contributed by atoms with Crippen molar-refractivity contribution in [3.63, 3.8) is 0 Å². The molecule has 20 heavy (non-hydrogen) atoms. The first-order chi connectivity index (χ1) is 9.38. The molecule has 5 nitrogen and oxygen atoms in total. The van der Waals surface area contributed by atoms with E-state index in [9.17, 15) is 8.42 Å². The van der Waals surface area contributed by atoms with Crippen LogP contribution in [0, 0.1) is 6.92 Å². The van der Waals surface area contributed by atoms with Crippen LogP contribution in [0.15, 0.2) is 29.3 Å². The maximum atomic E-state index is 11.7. The zero-order chi connectivity index (χ0) is 14.5. The summed E-state index contributed by atoms with van der Waals surface area (Å²) in [6, 6.07) is 5.61. The van der Waals surface area contributed by atoms with Gasteiger partial charge in [0.1, 0.15) is 0 Å². The van der Waals surface area contributed by atoms with E-state index in [2.05, 4.69) is 5.10 Å². The maximum absolute atomic E-state index is 11.7. The molecular weight excluding hydrogens is 274 g/mol. The Bertz CT molecular complexity index is 774. The van der Waals surface area contributed by atoms with Gasteiger partial charge in [-0.3, -0.25) is 4.68 Å². The van der Waals surface area contributed by atoms with Crippen LogP contribution in [0.1, 0.15) is 24.6 Å². The Morgan fingerprint density at radius 3 is 2.65 bits per heavy atom. The molecule has 0 radical (unpaired) electrons. The molecule has 1 aromatic heterocycles. The standard InChI is InChI=1S/C14H17N3O2S/c1-9-12(8-16-17(9)11-4-5-11)10-3-6-13(15)14(7-10)20(2,18)19/h3,6-8,11H,4-5,15H2,1-2H3. The first kappa shape index (κ1) is 13.2. The zero-order valence-electron chi connectivity index (χ0n) is 11.5. The number of benzene rings is 1. The minimum Gasteiger partial charge on any atom is -0.398 e. The minimum atomic E-state index is -3.33. The third-order valence-corrected chi connectivity index (χ3v) is 4.81. The van der Waals surface area contributed by atoms with Gasteiger partial charge in [0.25, 0.3) is 0 Å². The summed E-state index contributed by atoms with van der Waals surface area (Å²) < 4.78 is 25.5. The predicted octanol–water partition coefficient (Wildman–Crippen LogP) is 2.18. The molecule has 1 heterocycles. The molecule has 0 spiro atoms. The molecule has 1 aromatic carbocycles. The second kappa shape index (κ2) is 4.34. The van der Waals surface area contributed by atoms with Gasteiger partial charge in [-0.05, 0) is 37.5 Å². The highest BCUT2D eigenvalue weighted by Crippen LogP contribution is 2.38. The summed E-state index contributed by atoms with van der Waals surface area (Å²) in [7, 11) is -3.33. The fourth-order valence-electron chi connectivity index (χ4n) is 2.42. The van der Waals surface area contributed by atoms with Crippen molar-refractivity contribution >= 4 is 15.5 Å². The van der Waals surface area contributed by atoms with Crippen molar-refractivity contribution in [2.45, 2.75) is 30.7 Å². The van der Waals surface area contributed by atoms with Gasteiger partial charge in [-0.2, -0.15) is 5.10 Å². The van der Waals surface area contributed by atoms with E-state index in [1.807, 2.05) is 17.7 Å². The molecule has 0 bridgehead atoms. The molecule has 2 N–H and O–H groups in total. The van der Waals surface area contributed by atoms with Crippen molar-refractivity contribution in [1.82, 2.24) is 9.78 Å². The van der Waals surface area contributed by atoms with E-state index in [1.165, 1.54) is 6.26 Å². The number of rotatable bonds is 3. The van der Waals surface area contributed by atoms with Crippen molar-refractivity contribution < 1.29 is 8.42 Å². The van der Waals surface area contributed by atoms with E-state index in [4.69, 9.17) is 5.73 Å². The summed E-state index contributed by atoms with van der Waals surface area (Å²) >= 11 is 0. The van der Waals surface area contributed by atoms with Gasteiger partial charge in [-0.1, -0.05) is 6.07 Å². The largest absolute Gasteiger partial charge is 0.398 e. The third-order valence-electron chi connectivity index (χ3n) is 3.66. The number of nitrogens with two attached hydrogens (primary N) is 1. The molecule has 0 amide bonds. The van der Waals surface area contributed by atoms with Crippen LogP contribution in [0.5, 0.6) is 0 Å². The van der Waals surface area contributed by atoms with Crippen molar-refractivity contribution in [1.29, 1.82) is 0 Å². The lowest BCUT2D eigenvalue weighted by molar-refractivity contribution is 0.602. The minimum absolute atomic E-state index is 0.175. The van der Waals surface area contributed by atoms with Crippen LogP contribution in [0.3, 0.4) is 0 Å². The first-order valence-electron chi connectivity index (χ1n) is 6.52. The smallest absolute Gasteiger partial charge is 0.177 e. The SMILES string of the molecule is Cc1c(-c2ccc(N)c(S(C)(=O)=O)c2)cnn1C1CC1. The van der Waals surface area contributed by atoms with E-state index in [0.29, 0.717) is 6.04 Å². The van der Waals surface area contributed by atoms with Gasteiger partial charge in [0.05, 0.1) is 22.8 Å². The zero-order valence-corrected chi connectivity index (χ0v) is 12.3. The lowest BCUT2D eigenvalue weighted by Crippen LogP contribution is -2.03. The second-order valence-corrected chi connectivity index (χ2v) is 7.33. The van der Waals surface area contributed by atoms with Gasteiger partial charge >= 0.3 is 0 Å². The normalized spacial score (nSPS) is 15.5. The van der Waals surface area contributed by atoms with Crippen LogP contribution >= 0.6 is 0 Å². The molecule has 106 valence electrons. The number of nitrogens with zero attached hydrogens (tertiary/aromatic N) is 2. The highest BCUT2D eigenvalue weighted by atomic mass is 32.2. The van der Waals surface area contributed by atoms with Crippen LogP contribution in [-0.2, 0) is 9.84 Å². The quantitative estimate of drug-likeness (QED) is 0.879. The highest BCUT2D eigenvalue weighted by Gasteiger charge is 2.27. The average molecular weight is 291 g/mol. The van der Waals surface area contributed by atoms with E-state index in [1.54, 1.807) is 18.3 Å². The van der Waals surface area contributed by atoms with Crippen molar-refractivity contribution in [3.05, 3.63) is 30.1 Å². The molecule has 0 unspecified atom stereocenters. The Kier molecular flexibility index (Phi) is 2.86. The molecule has 0 aliphatic heterocycles. The number of hydrogen-bond acceptors (Lipinski definition) is 4. The van der Waals surface area contributed by atoms with Crippen LogP contribution in [0.25, 0.3) is 11.1 Å². The van der Waals surface area contributed by atoms with Crippen LogP contribution in [0.2, 0.25) is 0 Å². The van der Waals surface area contributed by atoms with Crippen LogP contribution < -0.4 is 5.73 Å². The Labute approximate surface area is 118 Å². The Morgan fingerprint density at radius 2 is 2.05 bits per heavy atom. The number of anilines is 1. The number of aromatic nitrogens is 2. The summed E-state index contributed by atoms with van der Waals surface area (Å²) in [6.45, 7) is 2.01. The monoisotopic (exact) mass is 291 g/mol. The predicted molar refractivity (Wildman–Crippen MR) is 78.2 cm³/mol.